The van der Waals surface area contributed by atoms with E-state index in [1.54, 1.807) is 0 Å². The molecule has 4 fully saturated rings. The van der Waals surface area contributed by atoms with Crippen LogP contribution in [0.5, 0.6) is 0 Å². The first-order valence-corrected chi connectivity index (χ1v) is 14.8. The Hall–Kier alpha value is -2.16. The van der Waals surface area contributed by atoms with Crippen molar-refractivity contribution < 1.29 is 19.2 Å². The van der Waals surface area contributed by atoms with Crippen LogP contribution in [0.2, 0.25) is 0 Å². The van der Waals surface area contributed by atoms with Crippen molar-refractivity contribution in [2.75, 3.05) is 0 Å². The van der Waals surface area contributed by atoms with E-state index in [0.29, 0.717) is 6.42 Å². The zero-order chi connectivity index (χ0) is 26.4. The molecular formula is C28H47N5O4. The van der Waals surface area contributed by atoms with E-state index in [-0.39, 0.29) is 71.5 Å². The molecule has 0 heterocycles. The fourth-order valence-electron chi connectivity index (χ4n) is 7.23. The van der Waals surface area contributed by atoms with Crippen molar-refractivity contribution in [2.24, 2.45) is 35.1 Å². The Morgan fingerprint density at radius 3 is 1.22 bits per heavy atom. The molecule has 0 spiro atoms. The van der Waals surface area contributed by atoms with Crippen LogP contribution in [0.4, 0.5) is 0 Å². The predicted molar refractivity (Wildman–Crippen MR) is 141 cm³/mol. The van der Waals surface area contributed by atoms with E-state index in [2.05, 4.69) is 16.0 Å². The number of rotatable bonds is 7. The van der Waals surface area contributed by atoms with Gasteiger partial charge in [0.25, 0.3) is 0 Å². The average Bonchev–Trinajstić information content (AvgIpc) is 2.89. The Labute approximate surface area is 221 Å². The minimum absolute atomic E-state index is 0.0108. The maximum atomic E-state index is 13.5. The summed E-state index contributed by atoms with van der Waals surface area (Å²) in [7, 11) is 0. The molecule has 0 aliphatic heterocycles. The van der Waals surface area contributed by atoms with Crippen LogP contribution in [-0.2, 0) is 19.2 Å². The number of hydrogen-bond acceptors (Lipinski definition) is 5. The Morgan fingerprint density at radius 1 is 0.459 bits per heavy atom. The van der Waals surface area contributed by atoms with Gasteiger partial charge in [0.05, 0.1) is 23.7 Å². The van der Waals surface area contributed by atoms with Crippen LogP contribution in [0.3, 0.4) is 0 Å². The van der Waals surface area contributed by atoms with E-state index in [4.69, 9.17) is 11.5 Å². The monoisotopic (exact) mass is 517 g/mol. The van der Waals surface area contributed by atoms with Gasteiger partial charge in [-0.3, -0.25) is 19.2 Å². The SMILES string of the molecule is NC(=O)[C@H]1CCCC[C@@H]1NC(=O)[C@H]1CCCC[C@@H]1NC(=O)[C@H]1CCCC[C@@H]1NC(=O)[C@H]1CCCC[C@@H]1N. The van der Waals surface area contributed by atoms with Crippen LogP contribution in [0, 0.1) is 23.7 Å². The molecule has 0 aromatic heterocycles. The number of carbonyl (C=O) groups is 4. The molecule has 0 aromatic carbocycles. The average molecular weight is 518 g/mol. The fraction of sp³-hybridized carbons (Fsp3) is 0.857. The highest BCUT2D eigenvalue weighted by Crippen LogP contribution is 2.31. The summed E-state index contributed by atoms with van der Waals surface area (Å²) < 4.78 is 0. The number of hydrogen-bond donors (Lipinski definition) is 5. The van der Waals surface area contributed by atoms with Gasteiger partial charge in [0, 0.05) is 24.2 Å². The van der Waals surface area contributed by atoms with Crippen LogP contribution in [0.25, 0.3) is 0 Å². The van der Waals surface area contributed by atoms with Gasteiger partial charge in [-0.2, -0.15) is 0 Å². The Kier molecular flexibility index (Phi) is 9.84. The van der Waals surface area contributed by atoms with E-state index in [9.17, 15) is 19.2 Å². The van der Waals surface area contributed by atoms with Crippen LogP contribution < -0.4 is 27.4 Å². The molecule has 0 saturated heterocycles. The first-order valence-electron chi connectivity index (χ1n) is 14.8. The molecule has 4 amide bonds. The van der Waals surface area contributed by atoms with Crippen LogP contribution in [0.1, 0.15) is 103 Å². The number of primary amides is 1. The lowest BCUT2D eigenvalue weighted by Gasteiger charge is -2.38. The highest BCUT2D eigenvalue weighted by Gasteiger charge is 2.39. The van der Waals surface area contributed by atoms with Crippen molar-refractivity contribution in [3.63, 3.8) is 0 Å². The summed E-state index contributed by atoms with van der Waals surface area (Å²) in [6.45, 7) is 0. The molecule has 208 valence electrons. The second-order valence-electron chi connectivity index (χ2n) is 12.0. The lowest BCUT2D eigenvalue weighted by molar-refractivity contribution is -0.132. The minimum Gasteiger partial charge on any atom is -0.369 e. The first kappa shape index (κ1) is 27.9. The van der Waals surface area contributed by atoms with Crippen molar-refractivity contribution in [3.8, 4) is 0 Å². The highest BCUT2D eigenvalue weighted by atomic mass is 16.2. The molecule has 0 aromatic rings. The maximum absolute atomic E-state index is 13.5. The molecule has 0 bridgehead atoms. The molecule has 37 heavy (non-hydrogen) atoms. The van der Waals surface area contributed by atoms with E-state index < -0.39 is 0 Å². The van der Waals surface area contributed by atoms with Crippen LogP contribution in [0.15, 0.2) is 0 Å². The van der Waals surface area contributed by atoms with Gasteiger partial charge in [-0.1, -0.05) is 51.4 Å². The van der Waals surface area contributed by atoms with Crippen LogP contribution >= 0.6 is 0 Å². The molecule has 9 nitrogen and oxygen atoms in total. The molecule has 0 unspecified atom stereocenters. The summed E-state index contributed by atoms with van der Waals surface area (Å²) in [5.74, 6) is -1.60. The third-order valence-corrected chi connectivity index (χ3v) is 9.48. The molecule has 9 heteroatoms. The van der Waals surface area contributed by atoms with Gasteiger partial charge in [-0.15, -0.1) is 0 Å². The minimum atomic E-state index is -0.349. The largest absolute Gasteiger partial charge is 0.369 e. The highest BCUT2D eigenvalue weighted by molar-refractivity contribution is 5.85. The van der Waals surface area contributed by atoms with Gasteiger partial charge >= 0.3 is 0 Å². The molecule has 4 aliphatic rings. The predicted octanol–water partition coefficient (Wildman–Crippen LogP) is 2.01. The normalized spacial score (nSPS) is 36.7. The lowest BCUT2D eigenvalue weighted by atomic mass is 9.79. The summed E-state index contributed by atoms with van der Waals surface area (Å²) in [6, 6.07) is -0.753. The zero-order valence-electron chi connectivity index (χ0n) is 22.2. The fourth-order valence-corrected chi connectivity index (χ4v) is 7.23. The third kappa shape index (κ3) is 7.03. The maximum Gasteiger partial charge on any atom is 0.225 e. The van der Waals surface area contributed by atoms with Crippen molar-refractivity contribution in [1.29, 1.82) is 0 Å². The Bertz CT molecular complexity index is 835. The van der Waals surface area contributed by atoms with Gasteiger partial charge in [0.15, 0.2) is 0 Å². The van der Waals surface area contributed by atoms with E-state index in [1.807, 2.05) is 0 Å². The second kappa shape index (κ2) is 13.1. The van der Waals surface area contributed by atoms with Gasteiger partial charge in [-0.25, -0.2) is 0 Å². The smallest absolute Gasteiger partial charge is 0.225 e. The molecular weight excluding hydrogens is 470 g/mol. The van der Waals surface area contributed by atoms with Gasteiger partial charge < -0.3 is 27.4 Å². The van der Waals surface area contributed by atoms with Crippen molar-refractivity contribution in [3.05, 3.63) is 0 Å². The number of nitrogens with two attached hydrogens (primary N) is 2. The van der Waals surface area contributed by atoms with Gasteiger partial charge in [-0.05, 0) is 51.4 Å². The summed E-state index contributed by atoms with van der Waals surface area (Å²) >= 11 is 0. The van der Waals surface area contributed by atoms with Crippen molar-refractivity contribution in [2.45, 2.75) is 127 Å². The summed E-state index contributed by atoms with van der Waals surface area (Å²) in [4.78, 5) is 51.8. The molecule has 4 saturated carbocycles. The number of carbonyl (C=O) groups excluding carboxylic acids is 4. The summed E-state index contributed by atoms with van der Waals surface area (Å²) in [5, 5.41) is 9.52. The van der Waals surface area contributed by atoms with Crippen molar-refractivity contribution in [1.82, 2.24) is 16.0 Å². The van der Waals surface area contributed by atoms with Gasteiger partial charge in [0.1, 0.15) is 0 Å². The molecule has 8 atom stereocenters. The number of amides is 4. The molecule has 0 radical (unpaired) electrons. The first-order chi connectivity index (χ1) is 17.8. The zero-order valence-corrected chi connectivity index (χ0v) is 22.2. The topological polar surface area (TPSA) is 156 Å². The number of nitrogens with one attached hydrogen (secondary N) is 3. The molecule has 4 rings (SSSR count). The second-order valence-corrected chi connectivity index (χ2v) is 12.0. The van der Waals surface area contributed by atoms with Gasteiger partial charge in [0.2, 0.25) is 23.6 Å². The Balaban J connectivity index is 1.36. The molecule has 4 aliphatic carbocycles. The van der Waals surface area contributed by atoms with E-state index in [1.165, 1.54) is 0 Å². The Morgan fingerprint density at radius 2 is 0.784 bits per heavy atom. The molecule has 7 N–H and O–H groups in total. The summed E-state index contributed by atoms with van der Waals surface area (Å²) in [5.41, 5.74) is 11.8. The third-order valence-electron chi connectivity index (χ3n) is 9.48. The van der Waals surface area contributed by atoms with E-state index >= 15 is 0 Å². The summed E-state index contributed by atoms with van der Waals surface area (Å²) in [6.07, 6.45) is 14.0. The lowest BCUT2D eigenvalue weighted by Crippen LogP contribution is -2.56. The quantitative estimate of drug-likeness (QED) is 0.349. The van der Waals surface area contributed by atoms with Crippen molar-refractivity contribution >= 4 is 23.6 Å². The van der Waals surface area contributed by atoms with Crippen LogP contribution in [-0.4, -0.2) is 47.8 Å². The van der Waals surface area contributed by atoms with E-state index in [0.717, 1.165) is 96.3 Å². The standard InChI is InChI=1S/C28H47N5O4/c29-21-13-5-1-9-17(21)26(35)32-23-15-7-3-11-19(23)28(37)33-24-16-8-4-12-20(24)27(36)31-22-14-6-2-10-18(22)25(30)34/h17-24H,1-16,29H2,(H2,30,34)(H,31,36)(H,32,35)(H,33,37)/t17-,18-,19-,20-,21-,22-,23-,24-/m0/s1.